The summed E-state index contributed by atoms with van der Waals surface area (Å²) >= 11 is 0. The Kier molecular flexibility index (Phi) is 10.6. The van der Waals surface area contributed by atoms with Gasteiger partial charge in [0.2, 0.25) is 0 Å². The molecule has 0 saturated heterocycles. The Morgan fingerprint density at radius 1 is 1.12 bits per heavy atom. The third-order valence-corrected chi connectivity index (χ3v) is 8.34. The van der Waals surface area contributed by atoms with E-state index in [1.807, 2.05) is 26.8 Å². The van der Waals surface area contributed by atoms with Gasteiger partial charge < -0.3 is 9.47 Å². The molecule has 41 heavy (non-hydrogen) atoms. The molecular weight excluding hydrogens is 544 g/mol. The van der Waals surface area contributed by atoms with E-state index in [1.165, 1.54) is 32.2 Å². The van der Waals surface area contributed by atoms with Gasteiger partial charge in [0, 0.05) is 37.7 Å². The fraction of sp³-hybridized carbons (Fsp3) is 0.419. The van der Waals surface area contributed by atoms with Gasteiger partial charge in [-0.1, -0.05) is 43.6 Å². The Morgan fingerprint density at radius 3 is 2.41 bits per heavy atom. The molecule has 1 aliphatic carbocycles. The highest BCUT2D eigenvalue weighted by atomic mass is 32.2. The summed E-state index contributed by atoms with van der Waals surface area (Å²) in [7, 11) is -4.31. The second kappa shape index (κ2) is 13.7. The second-order valence-electron chi connectivity index (χ2n) is 10.4. The summed E-state index contributed by atoms with van der Waals surface area (Å²) in [5.74, 6) is -2.77. The van der Waals surface area contributed by atoms with Crippen molar-refractivity contribution in [3.63, 3.8) is 0 Å². The molecule has 0 saturated carbocycles. The lowest BCUT2D eigenvalue weighted by atomic mass is 9.73. The number of pyridine rings is 1. The number of nitrogens with one attached hydrogen (secondary N) is 1. The summed E-state index contributed by atoms with van der Waals surface area (Å²) < 4.78 is 39.8. The first-order valence-corrected chi connectivity index (χ1v) is 15.2. The van der Waals surface area contributed by atoms with Crippen LogP contribution >= 0.6 is 0 Å². The number of carbonyl (C=O) groups is 3. The second-order valence-corrected chi connectivity index (χ2v) is 12.1. The summed E-state index contributed by atoms with van der Waals surface area (Å²) in [6.45, 7) is 12.5. The lowest BCUT2D eigenvalue weighted by Gasteiger charge is -2.33. The Balaban J connectivity index is 2.36. The maximum Gasteiger partial charge on any atom is 0.308 e. The van der Waals surface area contributed by atoms with Crippen LogP contribution in [0.4, 0.5) is 0 Å². The number of nitrogens with zero attached hydrogens (tertiary/aromatic N) is 1. The lowest BCUT2D eigenvalue weighted by molar-refractivity contribution is -0.132. The fourth-order valence-corrected chi connectivity index (χ4v) is 6.08. The first-order valence-electron chi connectivity index (χ1n) is 13.7. The minimum atomic E-state index is -4.31. The van der Waals surface area contributed by atoms with Crippen LogP contribution in [0.1, 0.15) is 94.1 Å². The molecule has 0 spiro atoms. The molecule has 1 aromatic carbocycles. The topological polar surface area (TPSA) is 129 Å². The number of ether oxygens (including phenoxy) is 2. The Bertz CT molecular complexity index is 1460. The van der Waals surface area contributed by atoms with Crippen molar-refractivity contribution in [2.75, 3.05) is 0 Å². The first-order chi connectivity index (χ1) is 19.4. The van der Waals surface area contributed by atoms with Crippen LogP contribution in [0.2, 0.25) is 0 Å². The van der Waals surface area contributed by atoms with Crippen molar-refractivity contribution in [2.24, 2.45) is 5.92 Å². The van der Waals surface area contributed by atoms with Crippen LogP contribution in [0.25, 0.3) is 0 Å². The van der Waals surface area contributed by atoms with Gasteiger partial charge in [-0.3, -0.25) is 19.4 Å². The van der Waals surface area contributed by atoms with Gasteiger partial charge in [-0.25, -0.2) is 13.1 Å². The third-order valence-electron chi connectivity index (χ3n) is 7.03. The zero-order valence-electron chi connectivity index (χ0n) is 24.3. The van der Waals surface area contributed by atoms with E-state index in [-0.39, 0.29) is 27.9 Å². The van der Waals surface area contributed by atoms with Crippen molar-refractivity contribution < 1.29 is 32.3 Å². The number of rotatable bonds is 11. The number of hydrogen-bond donors (Lipinski definition) is 1. The normalized spacial score (nSPS) is 16.9. The van der Waals surface area contributed by atoms with E-state index in [4.69, 9.17) is 9.47 Å². The maximum atomic E-state index is 13.9. The molecule has 2 unspecified atom stereocenters. The molecule has 1 N–H and O–H groups in total. The zero-order chi connectivity index (χ0) is 30.3. The SMILES string of the molecule is C=C(C)C1CCC(C)=CC1c1c(OC(C)=O)cc(CCCCC)c(C(=O)NS(=O)(=O)c2cccnc2)c1OC(C)=O. The Morgan fingerprint density at radius 2 is 1.83 bits per heavy atom. The van der Waals surface area contributed by atoms with Crippen molar-refractivity contribution in [2.45, 2.75) is 84.0 Å². The predicted molar refractivity (Wildman–Crippen MR) is 155 cm³/mol. The highest BCUT2D eigenvalue weighted by Gasteiger charge is 2.36. The van der Waals surface area contributed by atoms with Gasteiger partial charge in [0.05, 0.1) is 5.56 Å². The van der Waals surface area contributed by atoms with Crippen LogP contribution in [-0.2, 0) is 26.0 Å². The minimum Gasteiger partial charge on any atom is -0.426 e. The van der Waals surface area contributed by atoms with Gasteiger partial charge in [0.25, 0.3) is 15.9 Å². The monoisotopic (exact) mass is 582 g/mol. The van der Waals surface area contributed by atoms with Crippen LogP contribution in [0.3, 0.4) is 0 Å². The van der Waals surface area contributed by atoms with E-state index in [1.54, 1.807) is 6.07 Å². The largest absolute Gasteiger partial charge is 0.426 e. The summed E-state index contributed by atoms with van der Waals surface area (Å²) in [4.78, 5) is 42.3. The summed E-state index contributed by atoms with van der Waals surface area (Å²) in [5.41, 5.74) is 2.58. The van der Waals surface area contributed by atoms with E-state index in [0.717, 1.165) is 43.0 Å². The number of unbranched alkanes of at least 4 members (excludes halogenated alkanes) is 2. The van der Waals surface area contributed by atoms with Gasteiger partial charge in [0.15, 0.2) is 5.75 Å². The number of benzene rings is 1. The predicted octanol–water partition coefficient (Wildman–Crippen LogP) is 5.80. The quantitative estimate of drug-likeness (QED) is 0.152. The summed E-state index contributed by atoms with van der Waals surface area (Å²) in [6.07, 6.45) is 8.89. The average molecular weight is 583 g/mol. The van der Waals surface area contributed by atoms with E-state index in [2.05, 4.69) is 16.3 Å². The van der Waals surface area contributed by atoms with Gasteiger partial charge in [0.1, 0.15) is 10.6 Å². The van der Waals surface area contributed by atoms with Crippen molar-refractivity contribution in [3.05, 3.63) is 71.1 Å². The van der Waals surface area contributed by atoms with Crippen molar-refractivity contribution in [1.82, 2.24) is 9.71 Å². The Hall–Kier alpha value is -3.79. The van der Waals surface area contributed by atoms with E-state index < -0.39 is 33.8 Å². The molecule has 220 valence electrons. The van der Waals surface area contributed by atoms with Crippen LogP contribution < -0.4 is 14.2 Å². The molecule has 1 amide bonds. The molecular formula is C31H38N2O7S. The number of amides is 1. The molecule has 1 aliphatic rings. The fourth-order valence-electron chi connectivity index (χ4n) is 5.16. The standard InChI is InChI=1S/C31H38N2O7S/c1-7-8-9-11-23-17-27(39-21(5)34)29(26-16-20(4)13-14-25(26)19(2)3)30(40-22(6)35)28(23)31(36)33-41(37,38)24-12-10-15-32-18-24/h10,12,15-18,25-26H,2,7-9,11,13-14H2,1,3-6H3,(H,33,36). The minimum absolute atomic E-state index is 0.0910. The van der Waals surface area contributed by atoms with Crippen LogP contribution in [0, 0.1) is 5.92 Å². The van der Waals surface area contributed by atoms with Gasteiger partial charge in [-0.2, -0.15) is 0 Å². The van der Waals surface area contributed by atoms with Gasteiger partial charge in [-0.15, -0.1) is 0 Å². The number of sulfonamides is 1. The molecule has 0 bridgehead atoms. The third kappa shape index (κ3) is 7.91. The smallest absolute Gasteiger partial charge is 0.308 e. The van der Waals surface area contributed by atoms with Crippen molar-refractivity contribution in [3.8, 4) is 11.5 Å². The van der Waals surface area contributed by atoms with Gasteiger partial charge >= 0.3 is 11.9 Å². The number of aromatic nitrogens is 1. The van der Waals surface area contributed by atoms with Crippen LogP contribution in [0.5, 0.6) is 11.5 Å². The van der Waals surface area contributed by atoms with E-state index >= 15 is 0 Å². The van der Waals surface area contributed by atoms with Crippen LogP contribution in [-0.4, -0.2) is 31.2 Å². The highest BCUT2D eigenvalue weighted by Crippen LogP contribution is 2.49. The molecule has 2 aromatic rings. The number of allylic oxidation sites excluding steroid dienone is 3. The average Bonchev–Trinajstić information content (AvgIpc) is 2.88. The first kappa shape index (κ1) is 31.7. The Labute approximate surface area is 242 Å². The number of aryl methyl sites for hydroxylation is 1. The highest BCUT2D eigenvalue weighted by molar-refractivity contribution is 7.90. The molecule has 0 aliphatic heterocycles. The lowest BCUT2D eigenvalue weighted by Crippen LogP contribution is -2.32. The van der Waals surface area contributed by atoms with E-state index in [9.17, 15) is 22.8 Å². The molecule has 0 radical (unpaired) electrons. The molecule has 9 nitrogen and oxygen atoms in total. The molecule has 3 rings (SSSR count). The summed E-state index contributed by atoms with van der Waals surface area (Å²) in [5, 5.41) is 0. The molecule has 1 heterocycles. The van der Waals surface area contributed by atoms with Crippen molar-refractivity contribution in [1.29, 1.82) is 0 Å². The molecule has 1 aromatic heterocycles. The number of hydrogen-bond acceptors (Lipinski definition) is 8. The van der Waals surface area contributed by atoms with Gasteiger partial charge in [-0.05, 0) is 69.2 Å². The molecule has 10 heteroatoms. The molecule has 2 atom stereocenters. The molecule has 0 fully saturated rings. The number of esters is 2. The van der Waals surface area contributed by atoms with Crippen molar-refractivity contribution >= 4 is 27.9 Å². The van der Waals surface area contributed by atoms with E-state index in [0.29, 0.717) is 24.0 Å². The summed E-state index contributed by atoms with van der Waals surface area (Å²) in [6, 6.07) is 4.36. The van der Waals surface area contributed by atoms with Crippen LogP contribution in [0.15, 0.2) is 59.3 Å². The number of carbonyl (C=O) groups excluding carboxylic acids is 3. The zero-order valence-corrected chi connectivity index (χ0v) is 25.1. The maximum absolute atomic E-state index is 13.9.